The summed E-state index contributed by atoms with van der Waals surface area (Å²) in [5.41, 5.74) is 3.41. The fourth-order valence-electron chi connectivity index (χ4n) is 3.32. The molecule has 0 aliphatic heterocycles. The number of nitrogens with one attached hydrogen (secondary N) is 2. The summed E-state index contributed by atoms with van der Waals surface area (Å²) in [6, 6.07) is 7.58. The maximum atomic E-state index is 9.79. The molecular formula is C23H31N5O3. The molecule has 0 amide bonds. The summed E-state index contributed by atoms with van der Waals surface area (Å²) in [5, 5.41) is 16.4. The molecule has 0 fully saturated rings. The maximum Gasteiger partial charge on any atom is 0.225 e. The van der Waals surface area contributed by atoms with E-state index in [1.165, 1.54) is 0 Å². The van der Waals surface area contributed by atoms with Crippen molar-refractivity contribution in [2.75, 3.05) is 31.5 Å². The van der Waals surface area contributed by atoms with Gasteiger partial charge in [-0.05, 0) is 37.1 Å². The number of aliphatic hydroxyl groups is 1. The Bertz CT molecular complexity index is 1010. The Morgan fingerprint density at radius 1 is 1.13 bits per heavy atom. The quantitative estimate of drug-likeness (QED) is 0.425. The highest BCUT2D eigenvalue weighted by Gasteiger charge is 2.14. The van der Waals surface area contributed by atoms with Crippen molar-refractivity contribution in [2.24, 2.45) is 0 Å². The molecule has 2 aromatic heterocycles. The van der Waals surface area contributed by atoms with Gasteiger partial charge in [-0.1, -0.05) is 19.8 Å². The van der Waals surface area contributed by atoms with Crippen molar-refractivity contribution in [3.63, 3.8) is 0 Å². The number of aromatic nitrogens is 3. The zero-order chi connectivity index (χ0) is 22.2. The third kappa shape index (κ3) is 5.73. The van der Waals surface area contributed by atoms with Gasteiger partial charge in [0.05, 0.1) is 32.4 Å². The van der Waals surface area contributed by atoms with Crippen LogP contribution >= 0.6 is 0 Å². The van der Waals surface area contributed by atoms with E-state index >= 15 is 0 Å². The summed E-state index contributed by atoms with van der Waals surface area (Å²) in [4.78, 5) is 13.8. The van der Waals surface area contributed by atoms with Gasteiger partial charge in [-0.2, -0.15) is 4.98 Å². The van der Waals surface area contributed by atoms with Crippen LogP contribution in [0, 0.1) is 6.92 Å². The number of rotatable bonds is 11. The zero-order valence-corrected chi connectivity index (χ0v) is 18.6. The van der Waals surface area contributed by atoms with E-state index in [0.29, 0.717) is 23.8 Å². The second kappa shape index (κ2) is 10.8. The number of ether oxygens (including phenoxy) is 2. The second-order valence-electron chi connectivity index (χ2n) is 7.47. The first kappa shape index (κ1) is 22.6. The molecule has 0 aliphatic carbocycles. The molecule has 3 aromatic rings. The molecule has 0 radical (unpaired) electrons. The molecule has 0 saturated carbocycles. The number of unbranched alkanes of at least 4 members (excludes halogenated alkanes) is 1. The molecule has 166 valence electrons. The van der Waals surface area contributed by atoms with Crippen LogP contribution in [0.2, 0.25) is 0 Å². The number of benzene rings is 1. The van der Waals surface area contributed by atoms with Crippen molar-refractivity contribution in [3.8, 4) is 11.5 Å². The number of pyridine rings is 1. The third-order valence-electron chi connectivity index (χ3n) is 5.07. The van der Waals surface area contributed by atoms with Crippen molar-refractivity contribution < 1.29 is 14.6 Å². The minimum atomic E-state index is -0.0873. The fourth-order valence-corrected chi connectivity index (χ4v) is 3.32. The predicted molar refractivity (Wildman–Crippen MR) is 123 cm³/mol. The summed E-state index contributed by atoms with van der Waals surface area (Å²) >= 11 is 0. The van der Waals surface area contributed by atoms with Gasteiger partial charge in [-0.25, -0.2) is 4.98 Å². The normalized spacial score (nSPS) is 11.9. The highest BCUT2D eigenvalue weighted by atomic mass is 16.5. The minimum absolute atomic E-state index is 0.0309. The Kier molecular flexibility index (Phi) is 7.83. The van der Waals surface area contributed by atoms with Crippen LogP contribution in [-0.2, 0) is 6.54 Å². The van der Waals surface area contributed by atoms with Crippen molar-refractivity contribution >= 4 is 22.8 Å². The molecule has 8 nitrogen and oxygen atoms in total. The molecule has 1 aromatic carbocycles. The lowest BCUT2D eigenvalue weighted by Crippen LogP contribution is -2.25. The Balaban J connectivity index is 1.88. The first-order valence-electron chi connectivity index (χ1n) is 10.5. The van der Waals surface area contributed by atoms with Crippen LogP contribution in [0.15, 0.2) is 30.5 Å². The average molecular weight is 426 g/mol. The van der Waals surface area contributed by atoms with Gasteiger partial charge in [-0.15, -0.1) is 0 Å². The number of hydrogen-bond acceptors (Lipinski definition) is 8. The highest BCUT2D eigenvalue weighted by molar-refractivity contribution is 5.86. The lowest BCUT2D eigenvalue weighted by molar-refractivity contribution is 0.267. The number of nitrogens with zero attached hydrogens (tertiary/aromatic N) is 3. The molecule has 3 rings (SSSR count). The first-order valence-corrected chi connectivity index (χ1v) is 10.5. The van der Waals surface area contributed by atoms with Crippen molar-refractivity contribution in [1.29, 1.82) is 0 Å². The number of aliphatic hydroxyl groups excluding tert-OH is 1. The lowest BCUT2D eigenvalue weighted by Gasteiger charge is -2.18. The molecule has 0 aliphatic rings. The Hall–Kier alpha value is -3.13. The van der Waals surface area contributed by atoms with Crippen LogP contribution in [0.4, 0.5) is 11.8 Å². The highest BCUT2D eigenvalue weighted by Crippen LogP contribution is 2.26. The maximum absolute atomic E-state index is 9.79. The zero-order valence-electron chi connectivity index (χ0n) is 18.6. The summed E-state index contributed by atoms with van der Waals surface area (Å²) in [7, 11) is 3.26. The molecule has 31 heavy (non-hydrogen) atoms. The molecule has 1 atom stereocenters. The van der Waals surface area contributed by atoms with Crippen LogP contribution in [-0.4, -0.2) is 46.9 Å². The van der Waals surface area contributed by atoms with E-state index < -0.39 is 0 Å². The fraction of sp³-hybridized carbons (Fsp3) is 0.435. The molecule has 0 saturated heterocycles. The van der Waals surface area contributed by atoms with Crippen LogP contribution in [0.5, 0.6) is 11.5 Å². The van der Waals surface area contributed by atoms with Crippen LogP contribution in [0.25, 0.3) is 11.0 Å². The van der Waals surface area contributed by atoms with Crippen LogP contribution in [0.3, 0.4) is 0 Å². The van der Waals surface area contributed by atoms with E-state index in [4.69, 9.17) is 9.47 Å². The Morgan fingerprint density at radius 2 is 1.97 bits per heavy atom. The second-order valence-corrected chi connectivity index (χ2v) is 7.47. The summed E-state index contributed by atoms with van der Waals surface area (Å²) in [6.07, 6.45) is 4.75. The summed E-state index contributed by atoms with van der Waals surface area (Å²) < 4.78 is 10.7. The van der Waals surface area contributed by atoms with E-state index in [2.05, 4.69) is 32.5 Å². The predicted octanol–water partition coefficient (Wildman–Crippen LogP) is 3.93. The number of anilines is 2. The molecule has 0 spiro atoms. The largest absolute Gasteiger partial charge is 0.497 e. The van der Waals surface area contributed by atoms with Gasteiger partial charge in [0, 0.05) is 24.4 Å². The molecular weight excluding hydrogens is 394 g/mol. The van der Waals surface area contributed by atoms with E-state index in [0.717, 1.165) is 47.4 Å². The van der Waals surface area contributed by atoms with E-state index in [1.807, 2.05) is 31.2 Å². The standard InChI is InChI=1S/C23H31N5O3/c1-5-6-7-17(14-29)26-22-21-19(10-15(2)12-24-21)27-23(28-22)25-13-16-8-9-18(30-3)11-20(16)31-4/h8-12,17,29H,5-7,13-14H2,1-4H3,(H2,25,26,27,28). The molecule has 2 heterocycles. The van der Waals surface area contributed by atoms with Crippen LogP contribution < -0.4 is 20.1 Å². The summed E-state index contributed by atoms with van der Waals surface area (Å²) in [5.74, 6) is 2.55. The topological polar surface area (TPSA) is 101 Å². The van der Waals surface area contributed by atoms with Crippen molar-refractivity contribution in [3.05, 3.63) is 41.6 Å². The van der Waals surface area contributed by atoms with Gasteiger partial charge >= 0.3 is 0 Å². The Labute approximate surface area is 183 Å². The molecule has 8 heteroatoms. The Morgan fingerprint density at radius 3 is 2.68 bits per heavy atom. The molecule has 1 unspecified atom stereocenters. The average Bonchev–Trinajstić information content (AvgIpc) is 2.79. The first-order chi connectivity index (χ1) is 15.1. The number of hydrogen-bond donors (Lipinski definition) is 3. The van der Waals surface area contributed by atoms with Crippen molar-refractivity contribution in [2.45, 2.75) is 45.7 Å². The number of aryl methyl sites for hydroxylation is 1. The minimum Gasteiger partial charge on any atom is -0.497 e. The van der Waals surface area contributed by atoms with Gasteiger partial charge in [0.2, 0.25) is 5.95 Å². The van der Waals surface area contributed by atoms with E-state index in [1.54, 1.807) is 20.4 Å². The van der Waals surface area contributed by atoms with Crippen LogP contribution in [0.1, 0.15) is 37.3 Å². The number of methoxy groups -OCH3 is 2. The molecule has 3 N–H and O–H groups in total. The van der Waals surface area contributed by atoms with E-state index in [-0.39, 0.29) is 12.6 Å². The van der Waals surface area contributed by atoms with Gasteiger partial charge in [0.1, 0.15) is 17.0 Å². The monoisotopic (exact) mass is 425 g/mol. The van der Waals surface area contributed by atoms with Gasteiger partial charge in [-0.3, -0.25) is 4.98 Å². The smallest absolute Gasteiger partial charge is 0.225 e. The number of fused-ring (bicyclic) bond motifs is 1. The lowest BCUT2D eigenvalue weighted by atomic mass is 10.1. The van der Waals surface area contributed by atoms with Crippen molar-refractivity contribution in [1.82, 2.24) is 15.0 Å². The molecule has 0 bridgehead atoms. The van der Waals surface area contributed by atoms with Gasteiger partial charge < -0.3 is 25.2 Å². The van der Waals surface area contributed by atoms with Gasteiger partial charge in [0.25, 0.3) is 0 Å². The SMILES string of the molecule is CCCCC(CO)Nc1nc(NCc2ccc(OC)cc2OC)nc2cc(C)cnc12. The van der Waals surface area contributed by atoms with E-state index in [9.17, 15) is 5.11 Å². The van der Waals surface area contributed by atoms with Gasteiger partial charge in [0.15, 0.2) is 5.82 Å². The third-order valence-corrected chi connectivity index (χ3v) is 5.07. The summed E-state index contributed by atoms with van der Waals surface area (Å²) in [6.45, 7) is 4.63.